The Hall–Kier alpha value is -3.18. The average Bonchev–Trinajstić information content (AvgIpc) is 2.70. The molecule has 0 spiro atoms. The third-order valence-corrected chi connectivity index (χ3v) is 5.15. The molecule has 0 unspecified atom stereocenters. The lowest BCUT2D eigenvalue weighted by molar-refractivity contribution is 0.0956. The number of fused-ring (bicyclic) bond motifs is 2. The van der Waals surface area contributed by atoms with Crippen molar-refractivity contribution in [2.75, 3.05) is 12.3 Å². The molecule has 3 aromatic rings. The lowest BCUT2D eigenvalue weighted by atomic mass is 9.89. The first-order chi connectivity index (χ1) is 14.0. The van der Waals surface area contributed by atoms with Crippen LogP contribution >= 0.6 is 12.6 Å². The maximum atomic E-state index is 12.3. The summed E-state index contributed by atoms with van der Waals surface area (Å²) in [4.78, 5) is 12.3. The van der Waals surface area contributed by atoms with Crippen molar-refractivity contribution in [3.8, 4) is 17.2 Å². The Bertz CT molecular complexity index is 1230. The van der Waals surface area contributed by atoms with Crippen molar-refractivity contribution in [1.82, 2.24) is 5.32 Å². The van der Waals surface area contributed by atoms with E-state index >= 15 is 0 Å². The molecule has 1 heterocycles. The Morgan fingerprint density at radius 3 is 2.62 bits per heavy atom. The first kappa shape index (κ1) is 19.2. The van der Waals surface area contributed by atoms with Crippen LogP contribution in [0.1, 0.15) is 27.0 Å². The summed E-state index contributed by atoms with van der Waals surface area (Å²) in [5.41, 5.74) is 4.48. The predicted octanol–water partition coefficient (Wildman–Crippen LogP) is 3.12. The second-order valence-electron chi connectivity index (χ2n) is 7.00. The number of aromatic hydroxyl groups is 1. The van der Waals surface area contributed by atoms with Crippen molar-refractivity contribution in [3.63, 3.8) is 0 Å². The van der Waals surface area contributed by atoms with Gasteiger partial charge < -0.3 is 15.2 Å². The molecule has 1 aliphatic rings. The molecule has 1 aliphatic heterocycles. The number of carbonyl (C=O) groups is 1. The van der Waals surface area contributed by atoms with E-state index in [1.165, 1.54) is 0 Å². The highest BCUT2D eigenvalue weighted by atomic mass is 32.1. The highest BCUT2D eigenvalue weighted by Crippen LogP contribution is 2.38. The molecule has 0 atom stereocenters. The van der Waals surface area contributed by atoms with Gasteiger partial charge in [-0.1, -0.05) is 24.8 Å². The van der Waals surface area contributed by atoms with Crippen molar-refractivity contribution in [1.29, 1.82) is 0 Å². The molecule has 0 radical (unpaired) electrons. The number of rotatable bonds is 4. The van der Waals surface area contributed by atoms with Gasteiger partial charge in [0, 0.05) is 40.3 Å². The lowest BCUT2D eigenvalue weighted by Crippen LogP contribution is -2.25. The van der Waals surface area contributed by atoms with Crippen LogP contribution in [-0.2, 0) is 0 Å². The van der Waals surface area contributed by atoms with Crippen LogP contribution in [0.3, 0.4) is 0 Å². The molecule has 0 fully saturated rings. The predicted molar refractivity (Wildman–Crippen MR) is 118 cm³/mol. The lowest BCUT2D eigenvalue weighted by Gasteiger charge is -2.22. The molecule has 5 heteroatoms. The number of nitrogens with one attached hydrogen (secondary N) is 1. The highest BCUT2D eigenvalue weighted by Gasteiger charge is 2.22. The number of benzene rings is 3. The first-order valence-corrected chi connectivity index (χ1v) is 9.96. The summed E-state index contributed by atoms with van der Waals surface area (Å²) in [6.45, 7) is 6.50. The standard InChI is InChI=1S/C24H21NO3S/c1-14-3-6-19-21(11-14)28-22-13-17(26)5-8-20(22)23(19)18-7-4-16(12-15(18)2)24(27)25-9-10-29/h3-8,11-13,26,29H,1,9-10H2,2H3,(H,25,27). The zero-order chi connectivity index (χ0) is 20.5. The maximum absolute atomic E-state index is 12.3. The van der Waals surface area contributed by atoms with Crippen molar-refractivity contribution in [3.05, 3.63) is 87.3 Å². The number of hydrogen-bond donors (Lipinski definition) is 3. The molecule has 1 amide bonds. The molecule has 3 aromatic carbocycles. The zero-order valence-corrected chi connectivity index (χ0v) is 16.9. The second-order valence-corrected chi connectivity index (χ2v) is 7.44. The Kier molecular flexibility index (Phi) is 5.07. The summed E-state index contributed by atoms with van der Waals surface area (Å²) in [6, 6.07) is 16.6. The van der Waals surface area contributed by atoms with Gasteiger partial charge >= 0.3 is 0 Å². The summed E-state index contributed by atoms with van der Waals surface area (Å²) in [6.07, 6.45) is 0. The van der Waals surface area contributed by atoms with Crippen LogP contribution in [-0.4, -0.2) is 23.3 Å². The van der Waals surface area contributed by atoms with E-state index in [0.717, 1.165) is 32.7 Å². The number of amides is 1. The number of phenols is 1. The fourth-order valence-corrected chi connectivity index (χ4v) is 3.68. The third kappa shape index (κ3) is 3.61. The summed E-state index contributed by atoms with van der Waals surface area (Å²) in [5, 5.41) is 14.6. The Morgan fingerprint density at radius 1 is 1.07 bits per heavy atom. The third-order valence-electron chi connectivity index (χ3n) is 4.93. The quantitative estimate of drug-likeness (QED) is 0.459. The maximum Gasteiger partial charge on any atom is 0.251 e. The van der Waals surface area contributed by atoms with Crippen LogP contribution in [0.5, 0.6) is 17.2 Å². The number of phenolic OH excluding ortho intramolecular Hbond substituents is 1. The molecule has 0 aliphatic carbocycles. The van der Waals surface area contributed by atoms with E-state index in [9.17, 15) is 9.90 Å². The smallest absolute Gasteiger partial charge is 0.251 e. The van der Waals surface area contributed by atoms with E-state index in [2.05, 4.69) is 24.5 Å². The second kappa shape index (κ2) is 7.68. The van der Waals surface area contributed by atoms with E-state index in [4.69, 9.17) is 4.74 Å². The number of aryl methyl sites for hydroxylation is 1. The molecule has 0 aromatic heterocycles. The van der Waals surface area contributed by atoms with Crippen molar-refractivity contribution < 1.29 is 14.6 Å². The Balaban J connectivity index is 1.92. The van der Waals surface area contributed by atoms with Gasteiger partial charge in [-0.3, -0.25) is 4.79 Å². The Morgan fingerprint density at radius 2 is 1.86 bits per heavy atom. The minimum atomic E-state index is -0.113. The van der Waals surface area contributed by atoms with E-state index < -0.39 is 0 Å². The topological polar surface area (TPSA) is 58.6 Å². The van der Waals surface area contributed by atoms with E-state index in [1.807, 2.05) is 49.4 Å². The molecule has 0 saturated heterocycles. The van der Waals surface area contributed by atoms with Gasteiger partial charge in [0.15, 0.2) is 0 Å². The van der Waals surface area contributed by atoms with Crippen molar-refractivity contribution >= 4 is 30.7 Å². The van der Waals surface area contributed by atoms with Gasteiger partial charge in [-0.15, -0.1) is 0 Å². The Labute approximate surface area is 174 Å². The largest absolute Gasteiger partial charge is 0.508 e. The fraction of sp³-hybridized carbons (Fsp3) is 0.125. The van der Waals surface area contributed by atoms with Crippen LogP contribution < -0.4 is 20.5 Å². The monoisotopic (exact) mass is 403 g/mol. The fourth-order valence-electron chi connectivity index (χ4n) is 3.57. The van der Waals surface area contributed by atoms with Crippen LogP contribution in [0.4, 0.5) is 0 Å². The molecular weight excluding hydrogens is 382 g/mol. The van der Waals surface area contributed by atoms with Crippen LogP contribution in [0.25, 0.3) is 12.2 Å². The van der Waals surface area contributed by atoms with Gasteiger partial charge in [-0.05, 0) is 53.6 Å². The number of hydrogen-bond acceptors (Lipinski definition) is 4. The van der Waals surface area contributed by atoms with Crippen LogP contribution in [0.2, 0.25) is 0 Å². The number of thiol groups is 1. The van der Waals surface area contributed by atoms with E-state index in [-0.39, 0.29) is 11.7 Å². The molecule has 2 N–H and O–H groups in total. The molecule has 4 nitrogen and oxygen atoms in total. The van der Waals surface area contributed by atoms with Gasteiger partial charge in [0.1, 0.15) is 17.2 Å². The average molecular weight is 404 g/mol. The minimum Gasteiger partial charge on any atom is -0.508 e. The first-order valence-electron chi connectivity index (χ1n) is 9.32. The van der Waals surface area contributed by atoms with Crippen LogP contribution in [0.15, 0.2) is 54.6 Å². The van der Waals surface area contributed by atoms with E-state index in [1.54, 1.807) is 12.1 Å². The number of carbonyl (C=O) groups excluding carboxylic acids is 1. The summed E-state index contributed by atoms with van der Waals surface area (Å²) >= 11 is 4.13. The highest BCUT2D eigenvalue weighted by molar-refractivity contribution is 7.80. The van der Waals surface area contributed by atoms with Gasteiger partial charge in [0.25, 0.3) is 5.91 Å². The van der Waals surface area contributed by atoms with Crippen molar-refractivity contribution in [2.24, 2.45) is 0 Å². The van der Waals surface area contributed by atoms with Gasteiger partial charge in [-0.2, -0.15) is 12.6 Å². The molecular formula is C24H21NO3S. The minimum absolute atomic E-state index is 0.113. The molecule has 4 rings (SSSR count). The molecule has 29 heavy (non-hydrogen) atoms. The van der Waals surface area contributed by atoms with Crippen molar-refractivity contribution in [2.45, 2.75) is 6.92 Å². The van der Waals surface area contributed by atoms with Gasteiger partial charge in [0.2, 0.25) is 0 Å². The van der Waals surface area contributed by atoms with Crippen LogP contribution in [0, 0.1) is 6.92 Å². The van der Waals surface area contributed by atoms with E-state index in [0.29, 0.717) is 29.4 Å². The van der Waals surface area contributed by atoms with Gasteiger partial charge in [0.05, 0.1) is 0 Å². The number of ether oxygens (including phenoxy) is 1. The summed E-state index contributed by atoms with van der Waals surface area (Å²) < 4.78 is 6.04. The van der Waals surface area contributed by atoms with Gasteiger partial charge in [-0.25, -0.2) is 0 Å². The SMILES string of the molecule is C=c1ccc2c(c1)Oc1cc(O)ccc1C=2c1ccc(C(=O)NCCS)cc1C. The molecule has 146 valence electrons. The summed E-state index contributed by atoms with van der Waals surface area (Å²) in [5.74, 6) is 1.91. The molecule has 0 bridgehead atoms. The normalized spacial score (nSPS) is 12.0. The molecule has 0 saturated carbocycles. The summed E-state index contributed by atoms with van der Waals surface area (Å²) in [7, 11) is 0. The zero-order valence-electron chi connectivity index (χ0n) is 16.0.